The Morgan fingerprint density at radius 2 is 2.00 bits per heavy atom. The van der Waals surface area contributed by atoms with Gasteiger partial charge in [-0.1, -0.05) is 46.3 Å². The maximum absolute atomic E-state index is 11.4. The molecule has 2 heteroatoms. The van der Waals surface area contributed by atoms with Crippen molar-refractivity contribution in [1.29, 1.82) is 0 Å². The molecule has 128 valence electrons. The van der Waals surface area contributed by atoms with E-state index in [4.69, 9.17) is 0 Å². The highest BCUT2D eigenvalue weighted by Gasteiger charge is 2.45. The van der Waals surface area contributed by atoms with E-state index in [-0.39, 0.29) is 11.5 Å². The molecule has 1 heterocycles. The second-order valence-corrected chi connectivity index (χ2v) is 7.98. The second kappa shape index (κ2) is 7.97. The van der Waals surface area contributed by atoms with E-state index in [1.54, 1.807) is 0 Å². The first kappa shape index (κ1) is 18.0. The van der Waals surface area contributed by atoms with Crippen LogP contribution < -0.4 is 5.32 Å². The summed E-state index contributed by atoms with van der Waals surface area (Å²) >= 11 is 0. The zero-order chi connectivity index (χ0) is 16.2. The number of allylic oxidation sites excluding steroid dienone is 1. The Labute approximate surface area is 137 Å². The first-order valence-corrected chi connectivity index (χ1v) is 9.60. The number of aliphatic hydroxyl groups is 1. The number of hydrogen-bond acceptors (Lipinski definition) is 2. The molecule has 1 aliphatic heterocycles. The van der Waals surface area contributed by atoms with Gasteiger partial charge in [0.25, 0.3) is 0 Å². The molecular weight excluding hydrogens is 270 g/mol. The van der Waals surface area contributed by atoms with Crippen LogP contribution in [0.25, 0.3) is 0 Å². The fraction of sp³-hybridized carbons (Fsp3) is 0.900. The molecule has 2 aliphatic rings. The van der Waals surface area contributed by atoms with Gasteiger partial charge in [-0.2, -0.15) is 0 Å². The molecule has 5 atom stereocenters. The normalized spacial score (nSPS) is 29.4. The summed E-state index contributed by atoms with van der Waals surface area (Å²) in [6.07, 6.45) is 11.8. The third kappa shape index (κ3) is 3.94. The molecule has 0 bridgehead atoms. The highest BCUT2D eigenvalue weighted by Crippen LogP contribution is 2.48. The van der Waals surface area contributed by atoms with Crippen molar-refractivity contribution in [2.75, 3.05) is 13.1 Å². The number of aliphatic hydroxyl groups excluding tert-OH is 1. The zero-order valence-electron chi connectivity index (χ0n) is 15.1. The summed E-state index contributed by atoms with van der Waals surface area (Å²) in [7, 11) is 0. The first-order chi connectivity index (χ1) is 10.5. The maximum Gasteiger partial charge on any atom is 0.0630 e. The van der Waals surface area contributed by atoms with Crippen molar-refractivity contribution in [1.82, 2.24) is 5.32 Å². The van der Waals surface area contributed by atoms with Crippen molar-refractivity contribution in [3.8, 4) is 0 Å². The minimum Gasteiger partial charge on any atom is -0.392 e. The molecule has 0 aromatic carbocycles. The topological polar surface area (TPSA) is 32.3 Å². The number of nitrogens with one attached hydrogen (secondary N) is 1. The van der Waals surface area contributed by atoms with Crippen LogP contribution in [0.2, 0.25) is 0 Å². The minimum absolute atomic E-state index is 0.00546. The molecule has 1 saturated carbocycles. The predicted molar refractivity (Wildman–Crippen MR) is 94.8 cm³/mol. The smallest absolute Gasteiger partial charge is 0.0630 e. The summed E-state index contributed by atoms with van der Waals surface area (Å²) in [5, 5.41) is 14.8. The fourth-order valence-electron chi connectivity index (χ4n) is 4.51. The molecule has 0 aromatic rings. The largest absolute Gasteiger partial charge is 0.392 e. The highest BCUT2D eigenvalue weighted by atomic mass is 16.3. The van der Waals surface area contributed by atoms with Crippen LogP contribution in [-0.2, 0) is 0 Å². The van der Waals surface area contributed by atoms with Crippen LogP contribution in [0, 0.1) is 29.1 Å². The summed E-state index contributed by atoms with van der Waals surface area (Å²) in [6, 6.07) is 0. The van der Waals surface area contributed by atoms with E-state index >= 15 is 0 Å². The van der Waals surface area contributed by atoms with Gasteiger partial charge in [0.05, 0.1) is 6.10 Å². The lowest BCUT2D eigenvalue weighted by atomic mass is 9.63. The Kier molecular flexibility index (Phi) is 6.52. The van der Waals surface area contributed by atoms with Gasteiger partial charge in [-0.15, -0.1) is 0 Å². The standard InChI is InChI=1S/C20H37NO/c1-5-8-18(15(3)16-10-11-16)19(22)20(4,6-2)17-9-7-13-21-14-12-17/h7,9,15-19,21-22H,5-6,8,10-14H2,1-4H3. The van der Waals surface area contributed by atoms with Crippen LogP contribution in [0.15, 0.2) is 12.2 Å². The summed E-state index contributed by atoms with van der Waals surface area (Å²) in [5.74, 6) is 2.51. The van der Waals surface area contributed by atoms with Crippen LogP contribution in [0.5, 0.6) is 0 Å². The average molecular weight is 308 g/mol. The third-order valence-electron chi connectivity index (χ3n) is 6.62. The maximum atomic E-state index is 11.4. The molecular formula is C20H37NO. The Morgan fingerprint density at radius 3 is 2.59 bits per heavy atom. The van der Waals surface area contributed by atoms with Gasteiger partial charge in [0.15, 0.2) is 0 Å². The van der Waals surface area contributed by atoms with Crippen molar-refractivity contribution < 1.29 is 5.11 Å². The van der Waals surface area contributed by atoms with E-state index in [9.17, 15) is 5.11 Å². The molecule has 1 fully saturated rings. The van der Waals surface area contributed by atoms with E-state index in [2.05, 4.69) is 45.2 Å². The fourth-order valence-corrected chi connectivity index (χ4v) is 4.51. The van der Waals surface area contributed by atoms with Crippen molar-refractivity contribution in [3.63, 3.8) is 0 Å². The lowest BCUT2D eigenvalue weighted by Crippen LogP contribution is -2.45. The van der Waals surface area contributed by atoms with Crippen molar-refractivity contribution in [2.45, 2.75) is 72.3 Å². The van der Waals surface area contributed by atoms with E-state index in [0.717, 1.165) is 31.8 Å². The van der Waals surface area contributed by atoms with Gasteiger partial charge >= 0.3 is 0 Å². The van der Waals surface area contributed by atoms with Crippen LogP contribution >= 0.6 is 0 Å². The summed E-state index contributed by atoms with van der Waals surface area (Å²) in [5.41, 5.74) is 0.00546. The summed E-state index contributed by atoms with van der Waals surface area (Å²) < 4.78 is 0. The van der Waals surface area contributed by atoms with Crippen molar-refractivity contribution in [2.24, 2.45) is 29.1 Å². The minimum atomic E-state index is -0.180. The van der Waals surface area contributed by atoms with E-state index in [1.165, 1.54) is 25.7 Å². The predicted octanol–water partition coefficient (Wildman–Crippen LogP) is 4.39. The van der Waals surface area contributed by atoms with Crippen LogP contribution in [0.1, 0.15) is 66.2 Å². The Hall–Kier alpha value is -0.340. The zero-order valence-corrected chi connectivity index (χ0v) is 15.1. The first-order valence-electron chi connectivity index (χ1n) is 9.60. The number of hydrogen-bond donors (Lipinski definition) is 2. The lowest BCUT2D eigenvalue weighted by molar-refractivity contribution is -0.0588. The monoisotopic (exact) mass is 307 g/mol. The van der Waals surface area contributed by atoms with E-state index in [0.29, 0.717) is 17.8 Å². The Morgan fingerprint density at radius 1 is 1.27 bits per heavy atom. The second-order valence-electron chi connectivity index (χ2n) is 7.98. The molecule has 0 aromatic heterocycles. The SMILES string of the molecule is CCCC(C(C)C1CC1)C(O)C(C)(CC)C1C=CCNCC1. The molecule has 5 unspecified atom stereocenters. The Balaban J connectivity index is 2.17. The van der Waals surface area contributed by atoms with Gasteiger partial charge in [0, 0.05) is 6.54 Å². The molecule has 22 heavy (non-hydrogen) atoms. The molecule has 0 amide bonds. The van der Waals surface area contributed by atoms with E-state index < -0.39 is 0 Å². The molecule has 2 nitrogen and oxygen atoms in total. The van der Waals surface area contributed by atoms with Gasteiger partial charge in [-0.05, 0) is 67.7 Å². The number of rotatable bonds is 8. The molecule has 0 radical (unpaired) electrons. The molecule has 2 rings (SSSR count). The average Bonchev–Trinajstić information content (AvgIpc) is 3.36. The van der Waals surface area contributed by atoms with Crippen LogP contribution in [-0.4, -0.2) is 24.3 Å². The van der Waals surface area contributed by atoms with Gasteiger partial charge in [0.2, 0.25) is 0 Å². The van der Waals surface area contributed by atoms with Gasteiger partial charge in [-0.25, -0.2) is 0 Å². The molecule has 0 spiro atoms. The molecule has 1 aliphatic carbocycles. The van der Waals surface area contributed by atoms with Crippen molar-refractivity contribution in [3.05, 3.63) is 12.2 Å². The van der Waals surface area contributed by atoms with Gasteiger partial charge < -0.3 is 10.4 Å². The van der Waals surface area contributed by atoms with E-state index in [1.807, 2.05) is 0 Å². The van der Waals surface area contributed by atoms with Gasteiger partial charge in [-0.3, -0.25) is 0 Å². The lowest BCUT2D eigenvalue weighted by Gasteiger charge is -2.45. The highest BCUT2D eigenvalue weighted by molar-refractivity contribution is 5.04. The summed E-state index contributed by atoms with van der Waals surface area (Å²) in [6.45, 7) is 11.3. The quantitative estimate of drug-likeness (QED) is 0.652. The van der Waals surface area contributed by atoms with Crippen LogP contribution in [0.4, 0.5) is 0 Å². The van der Waals surface area contributed by atoms with Crippen molar-refractivity contribution >= 4 is 0 Å². The molecule has 2 N–H and O–H groups in total. The Bertz CT molecular complexity index is 363. The van der Waals surface area contributed by atoms with Gasteiger partial charge in [0.1, 0.15) is 0 Å². The third-order valence-corrected chi connectivity index (χ3v) is 6.62. The molecule has 0 saturated heterocycles. The summed E-state index contributed by atoms with van der Waals surface area (Å²) in [4.78, 5) is 0. The van der Waals surface area contributed by atoms with Crippen LogP contribution in [0.3, 0.4) is 0 Å².